The molecule has 1 aromatic heterocycles. The molecule has 0 unspecified atom stereocenters. The number of para-hydroxylation sites is 2. The van der Waals surface area contributed by atoms with Crippen molar-refractivity contribution in [3.8, 4) is 11.1 Å². The lowest BCUT2D eigenvalue weighted by Crippen LogP contribution is -2.42. The molecule has 7 nitrogen and oxygen atoms in total. The molecule has 1 saturated carbocycles. The second-order valence-electron chi connectivity index (χ2n) is 9.49. The van der Waals surface area contributed by atoms with Crippen LogP contribution in [0.15, 0.2) is 78.9 Å². The van der Waals surface area contributed by atoms with Crippen molar-refractivity contribution in [3.05, 3.63) is 78.9 Å². The Balaban J connectivity index is 1.17. The van der Waals surface area contributed by atoms with E-state index < -0.39 is 0 Å². The quantitative estimate of drug-likeness (QED) is 0.320. The van der Waals surface area contributed by atoms with Gasteiger partial charge in [-0.05, 0) is 49.4 Å². The third-order valence-electron chi connectivity index (χ3n) is 6.66. The summed E-state index contributed by atoms with van der Waals surface area (Å²) in [5.41, 5.74) is 3.82. The van der Waals surface area contributed by atoms with Crippen molar-refractivity contribution in [1.82, 2.24) is 15.3 Å². The standard InChI is InChI=1S/C29H32N6O/c1-35(2)27-24-13-7-9-15-26(24)32-28(34-27)30-21-16-18-22(19-17-21)31-29(36)33-25-14-8-6-12-23(25)20-10-4-3-5-11-20/h3-15,21-22H,16-19H2,1-2H3,(H,30,32,34)(H2,31,33,36)/t21-,22+. The van der Waals surface area contributed by atoms with Crippen LogP contribution in [0.4, 0.5) is 22.2 Å². The Hall–Kier alpha value is -4.13. The Morgan fingerprint density at radius 1 is 0.806 bits per heavy atom. The lowest BCUT2D eigenvalue weighted by atomic mass is 9.91. The van der Waals surface area contributed by atoms with E-state index in [1.54, 1.807) is 0 Å². The predicted molar refractivity (Wildman–Crippen MR) is 148 cm³/mol. The SMILES string of the molecule is CN(C)c1nc(N[C@H]2CC[C@@H](NC(=O)Nc3ccccc3-c3ccccc3)CC2)nc2ccccc12. The van der Waals surface area contributed by atoms with Gasteiger partial charge in [0.1, 0.15) is 5.82 Å². The van der Waals surface area contributed by atoms with Gasteiger partial charge in [-0.25, -0.2) is 9.78 Å². The number of amides is 2. The molecule has 1 heterocycles. The van der Waals surface area contributed by atoms with Crippen molar-refractivity contribution in [1.29, 1.82) is 0 Å². The van der Waals surface area contributed by atoms with Gasteiger partial charge in [-0.3, -0.25) is 0 Å². The number of carbonyl (C=O) groups is 1. The minimum Gasteiger partial charge on any atom is -0.362 e. The maximum Gasteiger partial charge on any atom is 0.319 e. The molecule has 0 spiro atoms. The van der Waals surface area contributed by atoms with Gasteiger partial charge in [-0.2, -0.15) is 4.98 Å². The van der Waals surface area contributed by atoms with E-state index >= 15 is 0 Å². The van der Waals surface area contributed by atoms with E-state index in [-0.39, 0.29) is 18.1 Å². The highest BCUT2D eigenvalue weighted by Crippen LogP contribution is 2.28. The van der Waals surface area contributed by atoms with E-state index in [2.05, 4.69) is 22.0 Å². The van der Waals surface area contributed by atoms with Crippen LogP contribution < -0.4 is 20.9 Å². The minimum absolute atomic E-state index is 0.141. The van der Waals surface area contributed by atoms with E-state index in [0.29, 0.717) is 5.95 Å². The lowest BCUT2D eigenvalue weighted by Gasteiger charge is -2.30. The van der Waals surface area contributed by atoms with Crippen LogP contribution >= 0.6 is 0 Å². The molecular formula is C29H32N6O. The second kappa shape index (κ2) is 10.6. The summed E-state index contributed by atoms with van der Waals surface area (Å²) in [5, 5.41) is 10.8. The van der Waals surface area contributed by atoms with Gasteiger partial charge in [0.2, 0.25) is 5.95 Å². The smallest absolute Gasteiger partial charge is 0.319 e. The largest absolute Gasteiger partial charge is 0.362 e. The number of aromatic nitrogens is 2. The normalized spacial score (nSPS) is 17.4. The Labute approximate surface area is 212 Å². The van der Waals surface area contributed by atoms with Gasteiger partial charge in [0, 0.05) is 37.1 Å². The van der Waals surface area contributed by atoms with Crippen LogP contribution in [-0.4, -0.2) is 42.2 Å². The summed E-state index contributed by atoms with van der Waals surface area (Å²) in [7, 11) is 4.00. The zero-order valence-electron chi connectivity index (χ0n) is 20.7. The van der Waals surface area contributed by atoms with Gasteiger partial charge in [0.25, 0.3) is 0 Å². The molecular weight excluding hydrogens is 448 g/mol. The van der Waals surface area contributed by atoms with Crippen LogP contribution in [0.25, 0.3) is 22.0 Å². The average Bonchev–Trinajstić information content (AvgIpc) is 2.90. The van der Waals surface area contributed by atoms with Crippen molar-refractivity contribution < 1.29 is 4.79 Å². The first kappa shape index (κ1) is 23.6. The number of hydrogen-bond acceptors (Lipinski definition) is 5. The van der Waals surface area contributed by atoms with Crippen molar-refractivity contribution in [2.24, 2.45) is 0 Å². The monoisotopic (exact) mass is 480 g/mol. The molecule has 5 rings (SSSR count). The van der Waals surface area contributed by atoms with Crippen LogP contribution in [0.1, 0.15) is 25.7 Å². The molecule has 1 fully saturated rings. The molecule has 36 heavy (non-hydrogen) atoms. The van der Waals surface area contributed by atoms with E-state index in [0.717, 1.165) is 59.2 Å². The molecule has 4 aromatic rings. The number of anilines is 3. The Bertz CT molecular complexity index is 1330. The van der Waals surface area contributed by atoms with Crippen LogP contribution in [0, 0.1) is 0 Å². The van der Waals surface area contributed by atoms with E-state index in [1.165, 1.54) is 0 Å². The molecule has 0 aliphatic heterocycles. The summed E-state index contributed by atoms with van der Waals surface area (Å²) in [6, 6.07) is 26.3. The Morgan fingerprint density at radius 2 is 1.47 bits per heavy atom. The predicted octanol–water partition coefficient (Wildman–Crippen LogP) is 5.91. The Morgan fingerprint density at radius 3 is 2.25 bits per heavy atom. The molecule has 3 aromatic carbocycles. The molecule has 0 saturated heterocycles. The van der Waals surface area contributed by atoms with Crippen LogP contribution in [0.5, 0.6) is 0 Å². The molecule has 3 N–H and O–H groups in total. The minimum atomic E-state index is -0.164. The summed E-state index contributed by atoms with van der Waals surface area (Å²) in [4.78, 5) is 24.3. The second-order valence-corrected chi connectivity index (χ2v) is 9.49. The van der Waals surface area contributed by atoms with E-state index in [1.807, 2.05) is 91.8 Å². The fourth-order valence-electron chi connectivity index (χ4n) is 4.84. The summed E-state index contributed by atoms with van der Waals surface area (Å²) in [6.07, 6.45) is 3.69. The number of hydrogen-bond donors (Lipinski definition) is 3. The van der Waals surface area contributed by atoms with Gasteiger partial charge in [0.15, 0.2) is 0 Å². The molecule has 1 aliphatic rings. The van der Waals surface area contributed by atoms with Gasteiger partial charge in [-0.1, -0.05) is 60.7 Å². The van der Waals surface area contributed by atoms with Gasteiger partial charge >= 0.3 is 6.03 Å². The lowest BCUT2D eigenvalue weighted by molar-refractivity contribution is 0.243. The molecule has 2 amide bonds. The summed E-state index contributed by atoms with van der Waals surface area (Å²) < 4.78 is 0. The fourth-order valence-corrected chi connectivity index (χ4v) is 4.84. The van der Waals surface area contributed by atoms with Crippen molar-refractivity contribution in [3.63, 3.8) is 0 Å². The summed E-state index contributed by atoms with van der Waals surface area (Å²) in [5.74, 6) is 1.56. The molecule has 0 atom stereocenters. The first-order valence-corrected chi connectivity index (χ1v) is 12.5. The maximum absolute atomic E-state index is 12.8. The summed E-state index contributed by atoms with van der Waals surface area (Å²) in [6.45, 7) is 0. The number of benzene rings is 3. The molecule has 0 radical (unpaired) electrons. The number of urea groups is 1. The number of nitrogens with zero attached hydrogens (tertiary/aromatic N) is 3. The molecule has 184 valence electrons. The first-order chi connectivity index (χ1) is 17.6. The van der Waals surface area contributed by atoms with E-state index in [9.17, 15) is 4.79 Å². The highest BCUT2D eigenvalue weighted by Gasteiger charge is 2.24. The third-order valence-corrected chi connectivity index (χ3v) is 6.66. The van der Waals surface area contributed by atoms with Gasteiger partial charge in [0.05, 0.1) is 11.2 Å². The van der Waals surface area contributed by atoms with Crippen LogP contribution in [-0.2, 0) is 0 Å². The van der Waals surface area contributed by atoms with Crippen molar-refractivity contribution in [2.75, 3.05) is 29.6 Å². The molecule has 7 heteroatoms. The zero-order valence-corrected chi connectivity index (χ0v) is 20.7. The van der Waals surface area contributed by atoms with Crippen molar-refractivity contribution in [2.45, 2.75) is 37.8 Å². The number of nitrogens with one attached hydrogen (secondary N) is 3. The van der Waals surface area contributed by atoms with E-state index in [4.69, 9.17) is 9.97 Å². The average molecular weight is 481 g/mol. The first-order valence-electron chi connectivity index (χ1n) is 12.5. The van der Waals surface area contributed by atoms with Gasteiger partial charge < -0.3 is 20.9 Å². The third kappa shape index (κ3) is 5.40. The fraction of sp³-hybridized carbons (Fsp3) is 0.276. The molecule has 1 aliphatic carbocycles. The van der Waals surface area contributed by atoms with Gasteiger partial charge in [-0.15, -0.1) is 0 Å². The zero-order chi connectivity index (χ0) is 24.9. The number of rotatable bonds is 6. The Kier molecular flexibility index (Phi) is 6.98. The summed E-state index contributed by atoms with van der Waals surface area (Å²) >= 11 is 0. The van der Waals surface area contributed by atoms with Crippen LogP contribution in [0.2, 0.25) is 0 Å². The topological polar surface area (TPSA) is 82.2 Å². The molecule has 0 bridgehead atoms. The maximum atomic E-state index is 12.8. The van der Waals surface area contributed by atoms with Crippen LogP contribution in [0.3, 0.4) is 0 Å². The highest BCUT2D eigenvalue weighted by molar-refractivity contribution is 5.94. The highest BCUT2D eigenvalue weighted by atomic mass is 16.2. The number of fused-ring (bicyclic) bond motifs is 1. The number of carbonyl (C=O) groups excluding carboxylic acids is 1. The van der Waals surface area contributed by atoms with Crippen molar-refractivity contribution >= 4 is 34.4 Å².